The highest BCUT2D eigenvalue weighted by Gasteiger charge is 2.15. The fourth-order valence-corrected chi connectivity index (χ4v) is 1.83. The second-order valence-corrected chi connectivity index (χ2v) is 4.23. The molecule has 1 unspecified atom stereocenters. The van der Waals surface area contributed by atoms with E-state index in [1.165, 1.54) is 12.1 Å². The molecule has 2 aromatic rings. The first-order valence-corrected chi connectivity index (χ1v) is 5.69. The Hall–Kier alpha value is -1.88. The summed E-state index contributed by atoms with van der Waals surface area (Å²) in [6, 6.07) is 4.16. The highest BCUT2D eigenvalue weighted by atomic mass is 19.1. The zero-order valence-electron chi connectivity index (χ0n) is 10.6. The van der Waals surface area contributed by atoms with E-state index in [9.17, 15) is 4.39 Å². The van der Waals surface area contributed by atoms with Gasteiger partial charge in [-0.1, -0.05) is 0 Å². The number of rotatable bonds is 3. The number of nitrogens with zero attached hydrogens (tertiary/aromatic N) is 1. The lowest BCUT2D eigenvalue weighted by Crippen LogP contribution is -2.06. The summed E-state index contributed by atoms with van der Waals surface area (Å²) in [7, 11) is 1.55. The minimum atomic E-state index is -0.324. The van der Waals surface area contributed by atoms with Crippen LogP contribution in [0, 0.1) is 12.7 Å². The normalized spacial score (nSPS) is 12.5. The lowest BCUT2D eigenvalue weighted by Gasteiger charge is -2.07. The van der Waals surface area contributed by atoms with E-state index < -0.39 is 0 Å². The van der Waals surface area contributed by atoms with Crippen molar-refractivity contribution in [3.05, 3.63) is 35.5 Å². The second kappa shape index (κ2) is 4.78. The van der Waals surface area contributed by atoms with Gasteiger partial charge in [0.2, 0.25) is 0 Å². The molecule has 1 atom stereocenters. The van der Waals surface area contributed by atoms with Crippen molar-refractivity contribution >= 4 is 0 Å². The second-order valence-electron chi connectivity index (χ2n) is 4.23. The van der Waals surface area contributed by atoms with Crippen LogP contribution in [0.4, 0.5) is 4.39 Å². The summed E-state index contributed by atoms with van der Waals surface area (Å²) in [6.07, 6.45) is 0. The maximum Gasteiger partial charge on any atom is 0.128 e. The highest BCUT2D eigenvalue weighted by Crippen LogP contribution is 2.31. The Bertz CT molecular complexity index is 563. The SMILES string of the molecule is COc1ccc(F)cc1-c1nc(C(C)N)[nH]c1C. The average Bonchev–Trinajstić information content (AvgIpc) is 2.71. The highest BCUT2D eigenvalue weighted by molar-refractivity contribution is 5.69. The zero-order valence-corrected chi connectivity index (χ0v) is 10.6. The average molecular weight is 249 g/mol. The number of H-pyrrole nitrogens is 1. The predicted octanol–water partition coefficient (Wildman–Crippen LogP) is 2.55. The summed E-state index contributed by atoms with van der Waals surface area (Å²) < 4.78 is 18.6. The molecule has 1 heterocycles. The number of nitrogens with one attached hydrogen (secondary N) is 1. The molecule has 0 saturated carbocycles. The summed E-state index contributed by atoms with van der Waals surface area (Å²) in [5, 5.41) is 0. The van der Waals surface area contributed by atoms with Crippen LogP contribution in [0.3, 0.4) is 0 Å². The van der Waals surface area contributed by atoms with E-state index in [-0.39, 0.29) is 11.9 Å². The molecule has 0 amide bonds. The van der Waals surface area contributed by atoms with Crippen LogP contribution in [0.25, 0.3) is 11.3 Å². The first-order chi connectivity index (χ1) is 8.52. The van der Waals surface area contributed by atoms with Crippen LogP contribution in [0.1, 0.15) is 24.5 Å². The molecular weight excluding hydrogens is 233 g/mol. The number of ether oxygens (including phenoxy) is 1. The number of hydrogen-bond donors (Lipinski definition) is 2. The van der Waals surface area contributed by atoms with Crippen LogP contribution < -0.4 is 10.5 Å². The minimum absolute atomic E-state index is 0.197. The van der Waals surface area contributed by atoms with Gasteiger partial charge in [-0.05, 0) is 32.0 Å². The van der Waals surface area contributed by atoms with Gasteiger partial charge in [-0.3, -0.25) is 0 Å². The van der Waals surface area contributed by atoms with Crippen LogP contribution in [0.15, 0.2) is 18.2 Å². The Kier molecular flexibility index (Phi) is 3.34. The molecule has 0 radical (unpaired) electrons. The quantitative estimate of drug-likeness (QED) is 0.878. The number of imidazole rings is 1. The Morgan fingerprint density at radius 2 is 2.17 bits per heavy atom. The molecule has 0 aliphatic heterocycles. The molecule has 1 aromatic carbocycles. The van der Waals surface area contributed by atoms with Crippen molar-refractivity contribution in [3.8, 4) is 17.0 Å². The molecule has 3 N–H and O–H groups in total. The Morgan fingerprint density at radius 3 is 2.72 bits per heavy atom. The first-order valence-electron chi connectivity index (χ1n) is 5.69. The molecule has 96 valence electrons. The van der Waals surface area contributed by atoms with E-state index in [0.717, 1.165) is 5.69 Å². The van der Waals surface area contributed by atoms with Gasteiger partial charge in [0.25, 0.3) is 0 Å². The van der Waals surface area contributed by atoms with Gasteiger partial charge in [-0.25, -0.2) is 9.37 Å². The van der Waals surface area contributed by atoms with Gasteiger partial charge in [0.05, 0.1) is 18.8 Å². The Morgan fingerprint density at radius 1 is 1.44 bits per heavy atom. The summed E-state index contributed by atoms with van der Waals surface area (Å²) in [5.41, 5.74) is 7.90. The maximum atomic E-state index is 13.3. The molecule has 0 spiro atoms. The van der Waals surface area contributed by atoms with Crippen LogP contribution in [0.5, 0.6) is 5.75 Å². The molecule has 0 bridgehead atoms. The van der Waals surface area contributed by atoms with E-state index in [1.54, 1.807) is 13.2 Å². The molecule has 4 nitrogen and oxygen atoms in total. The van der Waals surface area contributed by atoms with Crippen LogP contribution in [-0.4, -0.2) is 17.1 Å². The topological polar surface area (TPSA) is 63.9 Å². The zero-order chi connectivity index (χ0) is 13.3. The fraction of sp³-hybridized carbons (Fsp3) is 0.308. The number of aryl methyl sites for hydroxylation is 1. The number of aromatic nitrogens is 2. The molecule has 0 saturated heterocycles. The van der Waals surface area contributed by atoms with Crippen LogP contribution in [0.2, 0.25) is 0 Å². The molecule has 18 heavy (non-hydrogen) atoms. The third-order valence-electron chi connectivity index (χ3n) is 2.75. The summed E-state index contributed by atoms with van der Waals surface area (Å²) in [4.78, 5) is 7.50. The van der Waals surface area contributed by atoms with E-state index in [4.69, 9.17) is 10.5 Å². The van der Waals surface area contributed by atoms with Crippen molar-refractivity contribution in [1.29, 1.82) is 0 Å². The van der Waals surface area contributed by atoms with Gasteiger partial charge in [0.1, 0.15) is 17.4 Å². The van der Waals surface area contributed by atoms with Crippen molar-refractivity contribution in [3.63, 3.8) is 0 Å². The number of methoxy groups -OCH3 is 1. The monoisotopic (exact) mass is 249 g/mol. The van der Waals surface area contributed by atoms with Crippen LogP contribution >= 0.6 is 0 Å². The number of nitrogens with two attached hydrogens (primary N) is 1. The van der Waals surface area contributed by atoms with Gasteiger partial charge < -0.3 is 15.5 Å². The largest absolute Gasteiger partial charge is 0.496 e. The maximum absolute atomic E-state index is 13.3. The lowest BCUT2D eigenvalue weighted by atomic mass is 10.1. The molecule has 1 aromatic heterocycles. The Labute approximate surface area is 105 Å². The molecule has 5 heteroatoms. The van der Waals surface area contributed by atoms with Gasteiger partial charge in [-0.15, -0.1) is 0 Å². The van der Waals surface area contributed by atoms with E-state index in [2.05, 4.69) is 9.97 Å². The molecule has 0 fully saturated rings. The number of aromatic amines is 1. The minimum Gasteiger partial charge on any atom is -0.496 e. The van der Waals surface area contributed by atoms with Gasteiger partial charge in [-0.2, -0.15) is 0 Å². The molecule has 0 aliphatic rings. The summed E-state index contributed by atoms with van der Waals surface area (Å²) >= 11 is 0. The van der Waals surface area contributed by atoms with Gasteiger partial charge in [0, 0.05) is 11.3 Å². The smallest absolute Gasteiger partial charge is 0.128 e. The van der Waals surface area contributed by atoms with E-state index >= 15 is 0 Å². The van der Waals surface area contributed by atoms with Crippen molar-refractivity contribution in [2.45, 2.75) is 19.9 Å². The molecule has 0 aliphatic carbocycles. The number of halogens is 1. The van der Waals surface area contributed by atoms with E-state index in [1.807, 2.05) is 13.8 Å². The fourth-order valence-electron chi connectivity index (χ4n) is 1.83. The number of hydrogen-bond acceptors (Lipinski definition) is 3. The van der Waals surface area contributed by atoms with Gasteiger partial charge in [0.15, 0.2) is 0 Å². The molecule has 2 rings (SSSR count). The standard InChI is InChI=1S/C13H16FN3O/c1-7(15)13-16-8(2)12(17-13)10-6-9(14)4-5-11(10)18-3/h4-7H,15H2,1-3H3,(H,16,17). The van der Waals surface area contributed by atoms with Crippen molar-refractivity contribution in [2.75, 3.05) is 7.11 Å². The first kappa shape index (κ1) is 12.6. The Balaban J connectivity index is 2.57. The lowest BCUT2D eigenvalue weighted by molar-refractivity contribution is 0.415. The van der Waals surface area contributed by atoms with E-state index in [0.29, 0.717) is 22.8 Å². The van der Waals surface area contributed by atoms with Crippen molar-refractivity contribution in [1.82, 2.24) is 9.97 Å². The predicted molar refractivity (Wildman–Crippen MR) is 67.9 cm³/mol. The van der Waals surface area contributed by atoms with Gasteiger partial charge >= 0.3 is 0 Å². The molecular formula is C13H16FN3O. The van der Waals surface area contributed by atoms with Crippen molar-refractivity contribution in [2.24, 2.45) is 5.73 Å². The number of benzene rings is 1. The van der Waals surface area contributed by atoms with Crippen LogP contribution in [-0.2, 0) is 0 Å². The summed E-state index contributed by atoms with van der Waals surface area (Å²) in [5.74, 6) is 0.937. The third-order valence-corrected chi connectivity index (χ3v) is 2.75. The third kappa shape index (κ3) is 2.22. The van der Waals surface area contributed by atoms with Crippen molar-refractivity contribution < 1.29 is 9.13 Å². The summed E-state index contributed by atoms with van der Waals surface area (Å²) in [6.45, 7) is 3.71.